The average molecular weight is 386 g/mol. The van der Waals surface area contributed by atoms with Crippen LogP contribution in [-0.2, 0) is 6.18 Å². The van der Waals surface area contributed by atoms with Crippen LogP contribution < -0.4 is 10.6 Å². The number of halogens is 8. The molecule has 2 nitrogen and oxygen atoms in total. The van der Waals surface area contributed by atoms with Crippen molar-refractivity contribution in [1.29, 1.82) is 0 Å². The third kappa shape index (κ3) is 3.98. The Balaban J connectivity index is 2.34. The summed E-state index contributed by atoms with van der Waals surface area (Å²) in [5, 5.41) is 3.45. The van der Waals surface area contributed by atoms with Crippen molar-refractivity contribution in [1.82, 2.24) is 0 Å². The lowest BCUT2D eigenvalue weighted by Gasteiger charge is -2.16. The molecule has 0 saturated carbocycles. The van der Waals surface area contributed by atoms with Crippen LogP contribution >= 0.6 is 12.2 Å². The van der Waals surface area contributed by atoms with E-state index in [0.29, 0.717) is 0 Å². The first-order valence-electron chi connectivity index (χ1n) is 6.29. The van der Waals surface area contributed by atoms with Gasteiger partial charge in [-0.25, -0.2) is 22.0 Å². The zero-order valence-corrected chi connectivity index (χ0v) is 12.6. The number of rotatable bonds is 2. The number of hydrogen-bond donors (Lipinski definition) is 2. The lowest BCUT2D eigenvalue weighted by Crippen LogP contribution is -2.23. The van der Waals surface area contributed by atoms with E-state index in [0.717, 1.165) is 12.1 Å². The largest absolute Gasteiger partial charge is 0.422 e. The molecule has 0 unspecified atom stereocenters. The second-order valence-corrected chi connectivity index (χ2v) is 5.00. The number of nitrogens with one attached hydrogen (secondary N) is 2. The summed E-state index contributed by atoms with van der Waals surface area (Å²) in [4.78, 5) is 0. The topological polar surface area (TPSA) is 24.1 Å². The lowest BCUT2D eigenvalue weighted by molar-refractivity contribution is -0.143. The molecular formula is C14H6F8N2S. The molecule has 0 amide bonds. The Morgan fingerprint density at radius 3 is 1.68 bits per heavy atom. The molecule has 0 aliphatic heterocycles. The monoisotopic (exact) mass is 386 g/mol. The van der Waals surface area contributed by atoms with Crippen LogP contribution in [0.15, 0.2) is 24.3 Å². The minimum absolute atomic E-state index is 0.146. The van der Waals surface area contributed by atoms with Crippen LogP contribution in [-0.4, -0.2) is 5.11 Å². The van der Waals surface area contributed by atoms with E-state index in [1.165, 1.54) is 12.1 Å². The highest BCUT2D eigenvalue weighted by Crippen LogP contribution is 2.38. The predicted molar refractivity (Wildman–Crippen MR) is 77.5 cm³/mol. The Labute approximate surface area is 140 Å². The van der Waals surface area contributed by atoms with Crippen molar-refractivity contribution in [2.45, 2.75) is 6.18 Å². The normalized spacial score (nSPS) is 11.4. The highest BCUT2D eigenvalue weighted by atomic mass is 32.1. The molecule has 0 radical (unpaired) electrons. The van der Waals surface area contributed by atoms with Gasteiger partial charge in [0.15, 0.2) is 28.4 Å². The first kappa shape index (κ1) is 18.9. The standard InChI is InChI=1S/C14H6F8N2S/c15-5-1-3-6(4-2-5)23-13(25)24-12-10(18)8(16)7(14(20,21)22)9(17)11(12)19/h1-4H,(H2,23,24,25). The summed E-state index contributed by atoms with van der Waals surface area (Å²) in [5.41, 5.74) is -4.08. The second kappa shape index (κ2) is 6.82. The van der Waals surface area contributed by atoms with Crippen molar-refractivity contribution >= 4 is 28.7 Å². The van der Waals surface area contributed by atoms with Crippen molar-refractivity contribution in [3.63, 3.8) is 0 Å². The van der Waals surface area contributed by atoms with Crippen molar-refractivity contribution in [2.75, 3.05) is 10.6 Å². The van der Waals surface area contributed by atoms with Crippen LogP contribution in [0.5, 0.6) is 0 Å². The van der Waals surface area contributed by atoms with Gasteiger partial charge in [-0.15, -0.1) is 0 Å². The van der Waals surface area contributed by atoms with Crippen LogP contribution in [0, 0.1) is 29.1 Å². The first-order valence-corrected chi connectivity index (χ1v) is 6.70. The third-order valence-corrected chi connectivity index (χ3v) is 3.09. The summed E-state index contributed by atoms with van der Waals surface area (Å²) in [6.07, 6.45) is -5.64. The quantitative estimate of drug-likeness (QED) is 0.421. The van der Waals surface area contributed by atoms with Crippen LogP contribution in [0.1, 0.15) is 5.56 Å². The van der Waals surface area contributed by atoms with Gasteiger partial charge in [-0.05, 0) is 36.5 Å². The van der Waals surface area contributed by atoms with E-state index in [9.17, 15) is 35.1 Å². The molecule has 0 atom stereocenters. The van der Waals surface area contributed by atoms with Gasteiger partial charge in [0.05, 0.1) is 0 Å². The van der Waals surface area contributed by atoms with Crippen molar-refractivity contribution in [2.24, 2.45) is 0 Å². The smallest absolute Gasteiger partial charge is 0.332 e. The average Bonchev–Trinajstić information content (AvgIpc) is 2.51. The first-order chi connectivity index (χ1) is 11.5. The Morgan fingerprint density at radius 1 is 0.760 bits per heavy atom. The maximum atomic E-state index is 13.7. The number of benzene rings is 2. The Hall–Kier alpha value is -2.43. The summed E-state index contributed by atoms with van der Waals surface area (Å²) in [7, 11) is 0. The highest BCUT2D eigenvalue weighted by Gasteiger charge is 2.42. The molecule has 0 fully saturated rings. The summed E-state index contributed by atoms with van der Waals surface area (Å²) < 4.78 is 105. The molecule has 2 aromatic carbocycles. The van der Waals surface area contributed by atoms with Crippen LogP contribution in [0.3, 0.4) is 0 Å². The van der Waals surface area contributed by atoms with Crippen LogP contribution in [0.4, 0.5) is 46.5 Å². The SMILES string of the molecule is Fc1ccc(NC(=S)Nc2c(F)c(F)c(C(F)(F)F)c(F)c2F)cc1. The molecule has 0 aliphatic rings. The zero-order chi connectivity index (χ0) is 18.9. The van der Waals surface area contributed by atoms with Gasteiger partial charge in [0.2, 0.25) is 0 Å². The fourth-order valence-corrected chi connectivity index (χ4v) is 2.02. The summed E-state index contributed by atoms with van der Waals surface area (Å²) >= 11 is 4.65. The van der Waals surface area contributed by atoms with Gasteiger partial charge in [0.1, 0.15) is 17.1 Å². The van der Waals surface area contributed by atoms with Crippen LogP contribution in [0.2, 0.25) is 0 Å². The maximum Gasteiger partial charge on any atom is 0.422 e. The van der Waals surface area contributed by atoms with Crippen molar-refractivity contribution < 1.29 is 35.1 Å². The Kier molecular flexibility index (Phi) is 5.16. The minimum Gasteiger partial charge on any atom is -0.332 e. The van der Waals surface area contributed by atoms with E-state index in [2.05, 4.69) is 17.5 Å². The third-order valence-electron chi connectivity index (χ3n) is 2.89. The molecule has 0 aromatic heterocycles. The van der Waals surface area contributed by atoms with Gasteiger partial charge in [0, 0.05) is 5.69 Å². The second-order valence-electron chi connectivity index (χ2n) is 4.59. The van der Waals surface area contributed by atoms with E-state index >= 15 is 0 Å². The van der Waals surface area contributed by atoms with E-state index in [4.69, 9.17) is 0 Å². The maximum absolute atomic E-state index is 13.7. The minimum atomic E-state index is -5.64. The lowest BCUT2D eigenvalue weighted by atomic mass is 10.1. The molecule has 11 heteroatoms. The molecule has 0 bridgehead atoms. The van der Waals surface area contributed by atoms with Gasteiger partial charge < -0.3 is 10.6 Å². The van der Waals surface area contributed by atoms with Gasteiger partial charge in [0.25, 0.3) is 0 Å². The highest BCUT2D eigenvalue weighted by molar-refractivity contribution is 7.80. The van der Waals surface area contributed by atoms with Crippen molar-refractivity contribution in [3.8, 4) is 0 Å². The number of hydrogen-bond acceptors (Lipinski definition) is 1. The van der Waals surface area contributed by atoms with E-state index < -0.39 is 51.6 Å². The zero-order valence-electron chi connectivity index (χ0n) is 11.7. The molecule has 2 aromatic rings. The van der Waals surface area contributed by atoms with E-state index in [-0.39, 0.29) is 5.69 Å². The van der Waals surface area contributed by atoms with Gasteiger partial charge in [-0.1, -0.05) is 0 Å². The van der Waals surface area contributed by atoms with E-state index in [1.54, 1.807) is 5.32 Å². The number of anilines is 2. The van der Waals surface area contributed by atoms with Gasteiger partial charge in [-0.2, -0.15) is 13.2 Å². The van der Waals surface area contributed by atoms with Gasteiger partial charge >= 0.3 is 6.18 Å². The molecule has 134 valence electrons. The summed E-state index contributed by atoms with van der Waals surface area (Å²) in [6.45, 7) is 0. The molecule has 0 saturated heterocycles. The molecule has 2 N–H and O–H groups in total. The number of alkyl halides is 3. The van der Waals surface area contributed by atoms with E-state index in [1.807, 2.05) is 0 Å². The Bertz CT molecular complexity index is 788. The number of thiocarbonyl (C=S) groups is 1. The molecule has 2 rings (SSSR count). The molecule has 0 aliphatic carbocycles. The molecular weight excluding hydrogens is 380 g/mol. The molecule has 25 heavy (non-hydrogen) atoms. The van der Waals surface area contributed by atoms with Gasteiger partial charge in [-0.3, -0.25) is 0 Å². The fraction of sp³-hybridized carbons (Fsp3) is 0.0714. The Morgan fingerprint density at radius 2 is 1.24 bits per heavy atom. The van der Waals surface area contributed by atoms with Crippen LogP contribution in [0.25, 0.3) is 0 Å². The summed E-state index contributed by atoms with van der Waals surface area (Å²) in [5.74, 6) is -10.4. The van der Waals surface area contributed by atoms with Crippen molar-refractivity contribution in [3.05, 3.63) is 58.9 Å². The molecule has 0 spiro atoms. The summed E-state index contributed by atoms with van der Waals surface area (Å²) in [6, 6.07) is 4.40. The fourth-order valence-electron chi connectivity index (χ4n) is 1.80. The predicted octanol–water partition coefficient (Wildman–Crippen LogP) is 5.21. The molecule has 0 heterocycles.